The molecule has 0 radical (unpaired) electrons. The second kappa shape index (κ2) is 6.75. The molecule has 108 valence electrons. The maximum Gasteiger partial charge on any atom is 0.303 e. The van der Waals surface area contributed by atoms with Crippen LogP contribution in [0, 0.1) is 0 Å². The number of rotatable bonds is 7. The second-order valence-corrected chi connectivity index (χ2v) is 5.35. The summed E-state index contributed by atoms with van der Waals surface area (Å²) in [6.45, 7) is 3.06. The molecule has 5 heteroatoms. The summed E-state index contributed by atoms with van der Waals surface area (Å²) >= 11 is 6.00. The number of nitrogens with zero attached hydrogens (tertiary/aromatic N) is 2. The van der Waals surface area contributed by atoms with Crippen molar-refractivity contribution in [3.05, 3.63) is 29.0 Å². The summed E-state index contributed by atoms with van der Waals surface area (Å²) in [5.74, 6) is 0.286. The third-order valence-electron chi connectivity index (χ3n) is 3.28. The van der Waals surface area contributed by atoms with Gasteiger partial charge >= 0.3 is 5.97 Å². The van der Waals surface area contributed by atoms with Gasteiger partial charge in [-0.25, -0.2) is 4.98 Å². The van der Waals surface area contributed by atoms with Crippen molar-refractivity contribution < 1.29 is 9.90 Å². The lowest BCUT2D eigenvalue weighted by Crippen LogP contribution is -2.04. The molecule has 0 unspecified atom stereocenters. The molecule has 2 rings (SSSR count). The van der Waals surface area contributed by atoms with Crippen molar-refractivity contribution in [1.82, 2.24) is 9.55 Å². The van der Waals surface area contributed by atoms with Crippen LogP contribution in [0.25, 0.3) is 11.0 Å². The van der Waals surface area contributed by atoms with Crippen LogP contribution in [0.1, 0.15) is 38.4 Å². The average Bonchev–Trinajstić information content (AvgIpc) is 2.72. The number of aliphatic carboxylic acids is 1. The first kappa shape index (κ1) is 14.9. The molecule has 1 aromatic heterocycles. The first-order valence-electron chi connectivity index (χ1n) is 6.98. The highest BCUT2D eigenvalue weighted by Crippen LogP contribution is 2.22. The van der Waals surface area contributed by atoms with Gasteiger partial charge in [-0.05, 0) is 37.5 Å². The van der Waals surface area contributed by atoms with Crippen molar-refractivity contribution in [3.8, 4) is 0 Å². The van der Waals surface area contributed by atoms with Crippen LogP contribution in [-0.2, 0) is 17.8 Å². The molecular formula is C15H19ClN2O2. The molecule has 2 aromatic rings. The largest absolute Gasteiger partial charge is 0.481 e. The van der Waals surface area contributed by atoms with Crippen LogP contribution in [0.5, 0.6) is 0 Å². The Bertz CT molecular complexity index is 607. The summed E-state index contributed by atoms with van der Waals surface area (Å²) in [7, 11) is 0. The van der Waals surface area contributed by atoms with Gasteiger partial charge in [0.05, 0.1) is 11.0 Å². The Balaban J connectivity index is 2.18. The summed E-state index contributed by atoms with van der Waals surface area (Å²) in [4.78, 5) is 15.2. The van der Waals surface area contributed by atoms with Gasteiger partial charge in [-0.1, -0.05) is 18.5 Å². The van der Waals surface area contributed by atoms with E-state index in [1.54, 1.807) is 0 Å². The normalized spacial score (nSPS) is 11.1. The van der Waals surface area contributed by atoms with Crippen LogP contribution in [0.15, 0.2) is 18.2 Å². The van der Waals surface area contributed by atoms with E-state index in [4.69, 9.17) is 16.7 Å². The standard InChI is InChI=1S/C15H19ClN2O2/c1-2-9-18-13-8-7-11(16)10-12(13)17-14(18)5-3-4-6-15(19)20/h7-8,10H,2-6,9H2,1H3,(H,19,20). The number of aromatic nitrogens is 2. The van der Waals surface area contributed by atoms with Gasteiger partial charge in [-0.15, -0.1) is 0 Å². The molecule has 0 aliphatic carbocycles. The molecule has 0 saturated heterocycles. The van der Waals surface area contributed by atoms with E-state index >= 15 is 0 Å². The van der Waals surface area contributed by atoms with Gasteiger partial charge in [0.15, 0.2) is 0 Å². The number of unbranched alkanes of at least 4 members (excludes halogenated alkanes) is 1. The molecule has 4 nitrogen and oxygen atoms in total. The predicted octanol–water partition coefficient (Wildman–Crippen LogP) is 3.90. The third kappa shape index (κ3) is 3.51. The highest BCUT2D eigenvalue weighted by Gasteiger charge is 2.10. The quantitative estimate of drug-likeness (QED) is 0.788. The molecule has 0 aliphatic rings. The third-order valence-corrected chi connectivity index (χ3v) is 3.51. The molecule has 1 N–H and O–H groups in total. The number of carbonyl (C=O) groups is 1. The van der Waals surface area contributed by atoms with Crippen LogP contribution >= 0.6 is 11.6 Å². The zero-order valence-electron chi connectivity index (χ0n) is 11.6. The Kier molecular flexibility index (Phi) is 5.01. The van der Waals surface area contributed by atoms with E-state index in [1.165, 1.54) is 0 Å². The summed E-state index contributed by atoms with van der Waals surface area (Å²) in [6, 6.07) is 5.76. The smallest absolute Gasteiger partial charge is 0.303 e. The number of fused-ring (bicyclic) bond motifs is 1. The maximum atomic E-state index is 10.5. The van der Waals surface area contributed by atoms with Crippen LogP contribution in [0.3, 0.4) is 0 Å². The van der Waals surface area contributed by atoms with Crippen molar-refractivity contribution in [3.63, 3.8) is 0 Å². The number of halogens is 1. The molecule has 0 spiro atoms. The summed E-state index contributed by atoms with van der Waals surface area (Å²) in [6.07, 6.45) is 3.59. The summed E-state index contributed by atoms with van der Waals surface area (Å²) < 4.78 is 2.21. The molecule has 1 aromatic carbocycles. The van der Waals surface area contributed by atoms with E-state index in [0.717, 1.165) is 42.7 Å². The number of aryl methyl sites for hydroxylation is 2. The fraction of sp³-hybridized carbons (Fsp3) is 0.467. The first-order valence-corrected chi connectivity index (χ1v) is 7.36. The number of carboxylic acids is 1. The monoisotopic (exact) mass is 294 g/mol. The van der Waals surface area contributed by atoms with E-state index in [-0.39, 0.29) is 6.42 Å². The minimum absolute atomic E-state index is 0.222. The van der Waals surface area contributed by atoms with Gasteiger partial charge in [0.2, 0.25) is 0 Å². The lowest BCUT2D eigenvalue weighted by molar-refractivity contribution is -0.137. The number of hydrogen-bond donors (Lipinski definition) is 1. The number of carboxylic acid groups (broad SMARTS) is 1. The topological polar surface area (TPSA) is 55.1 Å². The Labute approximate surface area is 123 Å². The molecule has 0 bridgehead atoms. The zero-order valence-corrected chi connectivity index (χ0v) is 12.4. The molecule has 0 aliphatic heterocycles. The second-order valence-electron chi connectivity index (χ2n) is 4.91. The van der Waals surface area contributed by atoms with Gasteiger partial charge in [-0.2, -0.15) is 0 Å². The minimum atomic E-state index is -0.737. The number of hydrogen-bond acceptors (Lipinski definition) is 2. The van der Waals surface area contributed by atoms with E-state index < -0.39 is 5.97 Å². The van der Waals surface area contributed by atoms with Crippen LogP contribution < -0.4 is 0 Å². The fourth-order valence-electron chi connectivity index (χ4n) is 2.38. The fourth-order valence-corrected chi connectivity index (χ4v) is 2.54. The Morgan fingerprint density at radius 1 is 1.40 bits per heavy atom. The molecule has 0 atom stereocenters. The molecule has 0 amide bonds. The number of imidazole rings is 1. The van der Waals surface area contributed by atoms with Crippen molar-refractivity contribution in [2.45, 2.75) is 45.6 Å². The Morgan fingerprint density at radius 3 is 2.90 bits per heavy atom. The van der Waals surface area contributed by atoms with E-state index in [0.29, 0.717) is 11.4 Å². The SMILES string of the molecule is CCCn1c(CCCCC(=O)O)nc2cc(Cl)ccc21. The lowest BCUT2D eigenvalue weighted by Gasteiger charge is -2.07. The van der Waals surface area contributed by atoms with Crippen LogP contribution in [0.4, 0.5) is 0 Å². The van der Waals surface area contributed by atoms with Crippen molar-refractivity contribution >= 4 is 28.6 Å². The van der Waals surface area contributed by atoms with Crippen LogP contribution in [0.2, 0.25) is 5.02 Å². The average molecular weight is 295 g/mol. The van der Waals surface area contributed by atoms with Gasteiger partial charge in [0.1, 0.15) is 5.82 Å². The molecular weight excluding hydrogens is 276 g/mol. The molecule has 0 fully saturated rings. The van der Waals surface area contributed by atoms with Crippen molar-refractivity contribution in [2.75, 3.05) is 0 Å². The van der Waals surface area contributed by atoms with Crippen molar-refractivity contribution in [2.24, 2.45) is 0 Å². The van der Waals surface area contributed by atoms with Gasteiger partial charge < -0.3 is 9.67 Å². The van der Waals surface area contributed by atoms with E-state index in [2.05, 4.69) is 16.5 Å². The van der Waals surface area contributed by atoms with E-state index in [9.17, 15) is 4.79 Å². The van der Waals surface area contributed by atoms with Gasteiger partial charge in [0, 0.05) is 24.4 Å². The molecule has 1 heterocycles. The summed E-state index contributed by atoms with van der Waals surface area (Å²) in [5.41, 5.74) is 2.02. The van der Waals surface area contributed by atoms with E-state index in [1.807, 2.05) is 18.2 Å². The first-order chi connectivity index (χ1) is 9.61. The predicted molar refractivity (Wildman–Crippen MR) is 80.2 cm³/mol. The lowest BCUT2D eigenvalue weighted by atomic mass is 10.2. The molecule has 0 saturated carbocycles. The molecule has 20 heavy (non-hydrogen) atoms. The van der Waals surface area contributed by atoms with Crippen LogP contribution in [-0.4, -0.2) is 20.6 Å². The van der Waals surface area contributed by atoms with Gasteiger partial charge in [-0.3, -0.25) is 4.79 Å². The van der Waals surface area contributed by atoms with Crippen molar-refractivity contribution in [1.29, 1.82) is 0 Å². The maximum absolute atomic E-state index is 10.5. The highest BCUT2D eigenvalue weighted by molar-refractivity contribution is 6.31. The Morgan fingerprint density at radius 2 is 2.20 bits per heavy atom. The number of benzene rings is 1. The zero-order chi connectivity index (χ0) is 14.5. The highest BCUT2D eigenvalue weighted by atomic mass is 35.5. The Hall–Kier alpha value is -1.55. The minimum Gasteiger partial charge on any atom is -0.481 e. The summed E-state index contributed by atoms with van der Waals surface area (Å²) in [5, 5.41) is 9.35. The van der Waals surface area contributed by atoms with Gasteiger partial charge in [0.25, 0.3) is 0 Å².